The van der Waals surface area contributed by atoms with Gasteiger partial charge in [-0.2, -0.15) is 9.29 Å². The lowest BCUT2D eigenvalue weighted by Gasteiger charge is -2.21. The largest absolute Gasteiger partial charge is 0.338 e. The van der Waals surface area contributed by atoms with Crippen LogP contribution in [-0.2, 0) is 15.8 Å². The molecule has 1 saturated carbocycles. The predicted octanol–water partition coefficient (Wildman–Crippen LogP) is 2.75. The lowest BCUT2D eigenvalue weighted by molar-refractivity contribution is 0.289. The fourth-order valence-corrected chi connectivity index (χ4v) is 4.85. The zero-order chi connectivity index (χ0) is 16.7. The van der Waals surface area contributed by atoms with Crippen LogP contribution in [0.15, 0.2) is 28.8 Å². The molecule has 6 nitrogen and oxygen atoms in total. The summed E-state index contributed by atoms with van der Waals surface area (Å²) in [6, 6.07) is 5.14. The molecular weight excluding hydrogens is 333 g/mol. The lowest BCUT2D eigenvalue weighted by Crippen LogP contribution is -2.32. The van der Waals surface area contributed by atoms with Gasteiger partial charge < -0.3 is 4.52 Å². The summed E-state index contributed by atoms with van der Waals surface area (Å²) in [4.78, 5) is 4.40. The van der Waals surface area contributed by atoms with Gasteiger partial charge in [0.25, 0.3) is 0 Å². The van der Waals surface area contributed by atoms with E-state index in [1.807, 2.05) is 0 Å². The minimum Gasteiger partial charge on any atom is -0.338 e. The van der Waals surface area contributed by atoms with Crippen molar-refractivity contribution in [1.82, 2.24) is 14.4 Å². The Morgan fingerprint density at radius 2 is 1.96 bits per heavy atom. The molecule has 2 fully saturated rings. The van der Waals surface area contributed by atoms with E-state index in [-0.39, 0.29) is 11.6 Å². The van der Waals surface area contributed by atoms with Gasteiger partial charge in [0.15, 0.2) is 5.82 Å². The Morgan fingerprint density at radius 3 is 2.67 bits per heavy atom. The molecule has 1 aliphatic heterocycles. The summed E-state index contributed by atoms with van der Waals surface area (Å²) in [6.45, 7) is 0.440. The van der Waals surface area contributed by atoms with E-state index in [1.54, 1.807) is 0 Å². The highest BCUT2D eigenvalue weighted by Gasteiger charge is 2.39. The predicted molar refractivity (Wildman–Crippen MR) is 84.0 cm³/mol. The Morgan fingerprint density at radius 1 is 1.21 bits per heavy atom. The van der Waals surface area contributed by atoms with Crippen LogP contribution in [0.3, 0.4) is 0 Å². The normalized spacial score (nSPS) is 22.1. The summed E-state index contributed by atoms with van der Waals surface area (Å²) in [6.07, 6.45) is 3.57. The van der Waals surface area contributed by atoms with Crippen LogP contribution >= 0.6 is 0 Å². The van der Waals surface area contributed by atoms with Crippen LogP contribution in [0, 0.1) is 5.82 Å². The van der Waals surface area contributed by atoms with Crippen LogP contribution in [0.2, 0.25) is 0 Å². The fraction of sp³-hybridized carbons (Fsp3) is 0.500. The van der Waals surface area contributed by atoms with E-state index in [0.717, 1.165) is 19.3 Å². The molecule has 8 heteroatoms. The molecule has 2 aromatic rings. The first-order chi connectivity index (χ1) is 11.5. The van der Waals surface area contributed by atoms with Gasteiger partial charge in [0.05, 0.1) is 5.75 Å². The Kier molecular flexibility index (Phi) is 3.88. The molecule has 128 valence electrons. The van der Waals surface area contributed by atoms with Gasteiger partial charge in [-0.25, -0.2) is 12.8 Å². The first-order valence-corrected chi connectivity index (χ1v) is 9.71. The summed E-state index contributed by atoms with van der Waals surface area (Å²) in [5.41, 5.74) is 0.561. The van der Waals surface area contributed by atoms with Crippen LogP contribution in [0.5, 0.6) is 0 Å². The van der Waals surface area contributed by atoms with Crippen molar-refractivity contribution >= 4 is 10.0 Å². The van der Waals surface area contributed by atoms with Gasteiger partial charge in [-0.1, -0.05) is 17.3 Å². The second kappa shape index (κ2) is 5.93. The molecule has 0 N–H and O–H groups in total. The van der Waals surface area contributed by atoms with Crippen LogP contribution in [0.25, 0.3) is 0 Å². The molecule has 0 spiro atoms. The molecule has 4 rings (SSSR count). The van der Waals surface area contributed by atoms with E-state index in [2.05, 4.69) is 10.1 Å². The molecule has 1 aliphatic carbocycles. The fourth-order valence-electron chi connectivity index (χ4n) is 3.08. The molecule has 1 unspecified atom stereocenters. The van der Waals surface area contributed by atoms with Crippen molar-refractivity contribution in [1.29, 1.82) is 0 Å². The van der Waals surface area contributed by atoms with Gasteiger partial charge in [-0.3, -0.25) is 0 Å². The highest BCUT2D eigenvalue weighted by molar-refractivity contribution is 7.88. The van der Waals surface area contributed by atoms with Gasteiger partial charge in [0, 0.05) is 12.5 Å². The molecule has 1 aromatic heterocycles. The molecule has 1 saturated heterocycles. The first-order valence-electron chi connectivity index (χ1n) is 8.10. The first kappa shape index (κ1) is 15.7. The number of benzene rings is 1. The molecule has 1 atom stereocenters. The van der Waals surface area contributed by atoms with Crippen molar-refractivity contribution < 1.29 is 17.3 Å². The van der Waals surface area contributed by atoms with Gasteiger partial charge in [-0.15, -0.1) is 0 Å². The number of hydrogen-bond acceptors (Lipinski definition) is 5. The maximum absolute atomic E-state index is 13.0. The monoisotopic (exact) mass is 351 g/mol. The number of hydrogen-bond donors (Lipinski definition) is 0. The van der Waals surface area contributed by atoms with E-state index in [1.165, 1.54) is 28.6 Å². The Balaban J connectivity index is 1.55. The van der Waals surface area contributed by atoms with E-state index >= 15 is 0 Å². The van der Waals surface area contributed by atoms with Crippen molar-refractivity contribution in [2.75, 3.05) is 6.54 Å². The highest BCUT2D eigenvalue weighted by atomic mass is 32.2. The number of sulfonamides is 1. The molecule has 0 bridgehead atoms. The lowest BCUT2D eigenvalue weighted by atomic mass is 10.2. The molecular formula is C16H18FN3O3S. The van der Waals surface area contributed by atoms with E-state index < -0.39 is 16.1 Å². The van der Waals surface area contributed by atoms with Gasteiger partial charge in [0.2, 0.25) is 15.9 Å². The van der Waals surface area contributed by atoms with Crippen molar-refractivity contribution in [2.24, 2.45) is 0 Å². The third kappa shape index (κ3) is 3.08. The summed E-state index contributed by atoms with van der Waals surface area (Å²) in [5.74, 6) is 0.902. The number of halogens is 1. The quantitative estimate of drug-likeness (QED) is 0.828. The standard InChI is InChI=1S/C16H18FN3O3S/c17-13-7-3-11(4-8-13)10-24(21,22)20-9-1-2-14(20)16-18-15(19-23-16)12-5-6-12/h3-4,7-8,12,14H,1-2,5-6,9-10H2. The van der Waals surface area contributed by atoms with Crippen LogP contribution < -0.4 is 0 Å². The van der Waals surface area contributed by atoms with Crippen molar-refractivity contribution in [2.45, 2.75) is 43.4 Å². The number of rotatable bonds is 5. The minimum absolute atomic E-state index is 0.159. The van der Waals surface area contributed by atoms with Crippen molar-refractivity contribution in [3.63, 3.8) is 0 Å². The summed E-state index contributed by atoms with van der Waals surface area (Å²) in [7, 11) is -3.54. The average molecular weight is 351 g/mol. The third-order valence-corrected chi connectivity index (χ3v) is 6.36. The Hall–Kier alpha value is -1.80. The van der Waals surface area contributed by atoms with Crippen LogP contribution in [0.1, 0.15) is 54.9 Å². The molecule has 0 amide bonds. The van der Waals surface area contributed by atoms with E-state index in [9.17, 15) is 12.8 Å². The molecule has 1 aromatic carbocycles. The Bertz CT molecular complexity index is 831. The molecule has 24 heavy (non-hydrogen) atoms. The van der Waals surface area contributed by atoms with Gasteiger partial charge in [0.1, 0.15) is 11.9 Å². The van der Waals surface area contributed by atoms with E-state index in [0.29, 0.717) is 36.2 Å². The second-order valence-electron chi connectivity index (χ2n) is 6.42. The third-order valence-electron chi connectivity index (χ3n) is 4.51. The molecule has 0 radical (unpaired) electrons. The summed E-state index contributed by atoms with van der Waals surface area (Å²) < 4.78 is 45.3. The Labute approximate surface area is 139 Å². The zero-order valence-corrected chi connectivity index (χ0v) is 13.9. The van der Waals surface area contributed by atoms with Crippen LogP contribution in [0.4, 0.5) is 4.39 Å². The average Bonchev–Trinajstić information content (AvgIpc) is 3.09. The highest BCUT2D eigenvalue weighted by Crippen LogP contribution is 2.40. The van der Waals surface area contributed by atoms with Crippen molar-refractivity contribution in [3.05, 3.63) is 47.4 Å². The topological polar surface area (TPSA) is 76.3 Å². The smallest absolute Gasteiger partial charge is 0.245 e. The summed E-state index contributed by atoms with van der Waals surface area (Å²) >= 11 is 0. The number of nitrogens with zero attached hydrogens (tertiary/aromatic N) is 3. The second-order valence-corrected chi connectivity index (χ2v) is 8.34. The van der Waals surface area contributed by atoms with E-state index in [4.69, 9.17) is 4.52 Å². The van der Waals surface area contributed by atoms with Gasteiger partial charge in [-0.05, 0) is 43.4 Å². The summed E-state index contributed by atoms with van der Waals surface area (Å²) in [5, 5.41) is 3.98. The molecule has 2 heterocycles. The van der Waals surface area contributed by atoms with Crippen molar-refractivity contribution in [3.8, 4) is 0 Å². The van der Waals surface area contributed by atoms with Gasteiger partial charge >= 0.3 is 0 Å². The maximum Gasteiger partial charge on any atom is 0.245 e. The number of aromatic nitrogens is 2. The maximum atomic E-state index is 13.0. The zero-order valence-electron chi connectivity index (χ0n) is 13.1. The van der Waals surface area contributed by atoms with Crippen LogP contribution in [-0.4, -0.2) is 29.4 Å². The minimum atomic E-state index is -3.54. The molecule has 2 aliphatic rings. The SMILES string of the molecule is O=S(=O)(Cc1ccc(F)cc1)N1CCCC1c1nc(C2CC2)no1.